The number of carbonyl (C=O) groups is 1. The lowest BCUT2D eigenvalue weighted by molar-refractivity contribution is -0.274. The molecule has 0 saturated carbocycles. The molecule has 5 heteroatoms. The smallest absolute Gasteiger partial charge is 0.406 e. The second-order valence-corrected chi connectivity index (χ2v) is 3.75. The normalized spacial score (nSPS) is 13.2. The van der Waals surface area contributed by atoms with E-state index in [1.165, 1.54) is 18.2 Å². The number of hydrogen-bond donors (Lipinski definition) is 0. The highest BCUT2D eigenvalue weighted by atomic mass is 19.4. The van der Waals surface area contributed by atoms with Crippen LogP contribution in [0, 0.1) is 5.92 Å². The van der Waals surface area contributed by atoms with E-state index >= 15 is 0 Å². The lowest BCUT2D eigenvalue weighted by Crippen LogP contribution is -2.17. The van der Waals surface area contributed by atoms with Crippen molar-refractivity contribution in [3.63, 3.8) is 0 Å². The summed E-state index contributed by atoms with van der Waals surface area (Å²) in [4.78, 5) is 11.8. The number of alkyl halides is 3. The van der Waals surface area contributed by atoms with E-state index in [9.17, 15) is 18.0 Å². The molecule has 1 aromatic rings. The zero-order chi connectivity index (χ0) is 13.1. The zero-order valence-corrected chi connectivity index (χ0v) is 9.54. The van der Waals surface area contributed by atoms with Gasteiger partial charge in [-0.2, -0.15) is 0 Å². The van der Waals surface area contributed by atoms with Gasteiger partial charge < -0.3 is 4.74 Å². The topological polar surface area (TPSA) is 26.3 Å². The SMILES string of the molecule is CCC(C)C(=O)c1cccc(OC(F)(F)F)c1. The fourth-order valence-corrected chi connectivity index (χ4v) is 1.32. The van der Waals surface area contributed by atoms with Gasteiger partial charge >= 0.3 is 6.36 Å². The van der Waals surface area contributed by atoms with Gasteiger partial charge in [-0.25, -0.2) is 0 Å². The number of benzene rings is 1. The van der Waals surface area contributed by atoms with Crippen LogP contribution in [-0.2, 0) is 0 Å². The number of rotatable bonds is 4. The molecule has 1 rings (SSSR count). The van der Waals surface area contributed by atoms with Gasteiger partial charge in [-0.3, -0.25) is 4.79 Å². The maximum atomic E-state index is 12.0. The third kappa shape index (κ3) is 4.09. The van der Waals surface area contributed by atoms with Crippen molar-refractivity contribution in [2.24, 2.45) is 5.92 Å². The lowest BCUT2D eigenvalue weighted by atomic mass is 9.97. The lowest BCUT2D eigenvalue weighted by Gasteiger charge is -2.11. The first-order chi connectivity index (χ1) is 7.83. The molecule has 0 aliphatic rings. The summed E-state index contributed by atoms with van der Waals surface area (Å²) in [7, 11) is 0. The van der Waals surface area contributed by atoms with Crippen molar-refractivity contribution in [2.45, 2.75) is 26.6 Å². The van der Waals surface area contributed by atoms with Crippen LogP contribution in [0.1, 0.15) is 30.6 Å². The monoisotopic (exact) mass is 246 g/mol. The van der Waals surface area contributed by atoms with Crippen LogP contribution in [0.15, 0.2) is 24.3 Å². The maximum Gasteiger partial charge on any atom is 0.573 e. The van der Waals surface area contributed by atoms with Gasteiger partial charge in [-0.15, -0.1) is 13.2 Å². The Hall–Kier alpha value is -1.52. The largest absolute Gasteiger partial charge is 0.573 e. The van der Waals surface area contributed by atoms with Crippen LogP contribution in [0.4, 0.5) is 13.2 Å². The van der Waals surface area contributed by atoms with Crippen molar-refractivity contribution in [3.05, 3.63) is 29.8 Å². The first-order valence-electron chi connectivity index (χ1n) is 5.23. The molecular formula is C12H13F3O2. The standard InChI is InChI=1S/C12H13F3O2/c1-3-8(2)11(16)9-5-4-6-10(7-9)17-12(13,14)15/h4-8H,3H2,1-2H3. The molecule has 0 heterocycles. The maximum absolute atomic E-state index is 12.0. The Bertz CT molecular complexity index is 399. The summed E-state index contributed by atoms with van der Waals surface area (Å²) in [5, 5.41) is 0. The molecule has 0 saturated heterocycles. The van der Waals surface area contributed by atoms with Crippen molar-refractivity contribution in [2.75, 3.05) is 0 Å². The highest BCUT2D eigenvalue weighted by Crippen LogP contribution is 2.24. The van der Waals surface area contributed by atoms with Gasteiger partial charge in [0.2, 0.25) is 0 Å². The summed E-state index contributed by atoms with van der Waals surface area (Å²) < 4.78 is 39.7. The first-order valence-corrected chi connectivity index (χ1v) is 5.23. The van der Waals surface area contributed by atoms with Crippen LogP contribution in [0.3, 0.4) is 0 Å². The summed E-state index contributed by atoms with van der Waals surface area (Å²) >= 11 is 0. The molecular weight excluding hydrogens is 233 g/mol. The molecule has 0 aliphatic carbocycles. The summed E-state index contributed by atoms with van der Waals surface area (Å²) in [6, 6.07) is 5.14. The van der Waals surface area contributed by atoms with Gasteiger partial charge in [0.1, 0.15) is 5.75 Å². The van der Waals surface area contributed by atoms with Crippen LogP contribution < -0.4 is 4.74 Å². The van der Waals surface area contributed by atoms with E-state index in [0.717, 1.165) is 6.07 Å². The molecule has 17 heavy (non-hydrogen) atoms. The molecule has 0 bridgehead atoms. The number of Topliss-reactive ketones (excluding diaryl/α,β-unsaturated/α-hetero) is 1. The van der Waals surface area contributed by atoms with Crippen LogP contribution in [0.2, 0.25) is 0 Å². The van der Waals surface area contributed by atoms with Crippen molar-refractivity contribution >= 4 is 5.78 Å². The van der Waals surface area contributed by atoms with Crippen molar-refractivity contribution < 1.29 is 22.7 Å². The minimum atomic E-state index is -4.74. The molecule has 2 nitrogen and oxygen atoms in total. The van der Waals surface area contributed by atoms with Crippen LogP contribution in [-0.4, -0.2) is 12.1 Å². The molecule has 1 aromatic carbocycles. The molecule has 0 N–H and O–H groups in total. The highest BCUT2D eigenvalue weighted by molar-refractivity contribution is 5.97. The Balaban J connectivity index is 2.90. The fourth-order valence-electron chi connectivity index (χ4n) is 1.32. The Labute approximate surface area is 97.4 Å². The highest BCUT2D eigenvalue weighted by Gasteiger charge is 2.31. The van der Waals surface area contributed by atoms with Crippen molar-refractivity contribution in [3.8, 4) is 5.75 Å². The summed E-state index contributed by atoms with van der Waals surface area (Å²) in [6.45, 7) is 3.58. The van der Waals surface area contributed by atoms with Gasteiger partial charge in [0, 0.05) is 11.5 Å². The quantitative estimate of drug-likeness (QED) is 0.755. The van der Waals surface area contributed by atoms with Gasteiger partial charge in [0.15, 0.2) is 5.78 Å². The van der Waals surface area contributed by atoms with E-state index < -0.39 is 6.36 Å². The number of hydrogen-bond acceptors (Lipinski definition) is 2. The van der Waals surface area contributed by atoms with Gasteiger partial charge in [0.05, 0.1) is 0 Å². The van der Waals surface area contributed by atoms with Crippen LogP contribution >= 0.6 is 0 Å². The van der Waals surface area contributed by atoms with Crippen molar-refractivity contribution in [1.29, 1.82) is 0 Å². The van der Waals surface area contributed by atoms with Gasteiger partial charge in [-0.1, -0.05) is 26.0 Å². The van der Waals surface area contributed by atoms with E-state index in [2.05, 4.69) is 4.74 Å². The summed E-state index contributed by atoms with van der Waals surface area (Å²) in [5.41, 5.74) is 0.237. The Morgan fingerprint density at radius 3 is 2.59 bits per heavy atom. The number of ketones is 1. The third-order valence-corrected chi connectivity index (χ3v) is 2.41. The number of ether oxygens (including phenoxy) is 1. The van der Waals surface area contributed by atoms with Gasteiger partial charge in [0.25, 0.3) is 0 Å². The molecule has 0 fully saturated rings. The zero-order valence-electron chi connectivity index (χ0n) is 9.54. The molecule has 0 aromatic heterocycles. The Morgan fingerprint density at radius 2 is 2.06 bits per heavy atom. The molecule has 1 atom stereocenters. The Morgan fingerprint density at radius 1 is 1.41 bits per heavy atom. The van der Waals surface area contributed by atoms with Gasteiger partial charge in [-0.05, 0) is 18.6 Å². The minimum absolute atomic E-state index is 0.180. The minimum Gasteiger partial charge on any atom is -0.406 e. The second kappa shape index (κ2) is 5.21. The van der Waals surface area contributed by atoms with Crippen LogP contribution in [0.25, 0.3) is 0 Å². The van der Waals surface area contributed by atoms with Crippen molar-refractivity contribution in [1.82, 2.24) is 0 Å². The molecule has 0 amide bonds. The predicted octanol–water partition coefficient (Wildman–Crippen LogP) is 3.81. The van der Waals surface area contributed by atoms with E-state index in [-0.39, 0.29) is 23.0 Å². The number of carbonyl (C=O) groups excluding carboxylic acids is 1. The molecule has 0 spiro atoms. The Kier molecular flexibility index (Phi) is 4.15. The molecule has 0 radical (unpaired) electrons. The number of halogens is 3. The second-order valence-electron chi connectivity index (χ2n) is 3.75. The fraction of sp³-hybridized carbons (Fsp3) is 0.417. The van der Waals surface area contributed by atoms with E-state index in [1.807, 2.05) is 6.92 Å². The van der Waals surface area contributed by atoms with E-state index in [0.29, 0.717) is 6.42 Å². The van der Waals surface area contributed by atoms with Crippen LogP contribution in [0.5, 0.6) is 5.75 Å². The first kappa shape index (κ1) is 13.5. The average molecular weight is 246 g/mol. The van der Waals surface area contributed by atoms with E-state index in [4.69, 9.17) is 0 Å². The molecule has 94 valence electrons. The van der Waals surface area contributed by atoms with E-state index in [1.54, 1.807) is 6.92 Å². The predicted molar refractivity (Wildman–Crippen MR) is 56.9 cm³/mol. The third-order valence-electron chi connectivity index (χ3n) is 2.41. The molecule has 0 aliphatic heterocycles. The molecule has 1 unspecified atom stereocenters. The summed E-state index contributed by atoms with van der Waals surface area (Å²) in [6.07, 6.45) is -4.10. The average Bonchev–Trinajstić information content (AvgIpc) is 2.25. The summed E-state index contributed by atoms with van der Waals surface area (Å²) in [5.74, 6) is -0.761.